The smallest absolute Gasteiger partial charge is 0.312 e. The summed E-state index contributed by atoms with van der Waals surface area (Å²) in [7, 11) is 0. The first kappa shape index (κ1) is 52.9. The summed E-state index contributed by atoms with van der Waals surface area (Å²) in [6, 6.07) is 0. The van der Waals surface area contributed by atoms with E-state index in [1.807, 2.05) is 0 Å². The molecular weight excluding hydrogens is 877 g/mol. The molecule has 9 saturated carbocycles. The van der Waals surface area contributed by atoms with Gasteiger partial charge in [-0.2, -0.15) is 0 Å². The highest BCUT2D eigenvalue weighted by Crippen LogP contribution is 2.75. The Kier molecular flexibility index (Phi) is 19.1. The van der Waals surface area contributed by atoms with Gasteiger partial charge >= 0.3 is 35.8 Å². The van der Waals surface area contributed by atoms with Crippen LogP contribution in [-0.2, 0) is 57.2 Å². The van der Waals surface area contributed by atoms with Crippen LogP contribution in [0.15, 0.2) is 36.5 Å². The molecule has 69 heavy (non-hydrogen) atoms. The lowest BCUT2D eigenvalue weighted by Gasteiger charge is -2.66. The predicted molar refractivity (Wildman–Crippen MR) is 260 cm³/mol. The molecule has 0 N–H and O–H groups in total. The molecule has 7 aliphatic heterocycles. The predicted octanol–water partition coefficient (Wildman–Crippen LogP) is 11.8. The highest BCUT2D eigenvalue weighted by atomic mass is 16.6. The topological polar surface area (TPSA) is 158 Å². The molecule has 12 heteroatoms. The van der Waals surface area contributed by atoms with Gasteiger partial charge in [0.1, 0.15) is 0 Å². The van der Waals surface area contributed by atoms with E-state index in [1.165, 1.54) is 0 Å². The molecule has 0 atom stereocenters. The first-order chi connectivity index (χ1) is 33.5. The maximum Gasteiger partial charge on any atom is 0.312 e. The SMILES string of the molecule is O=C1OCCCCCC=CCCCCCOC(=O)C23CC(C2)(C3)C(=O)OCCCCCC=CCCCCCOC(=O)C23CC(C2)(C3)C(=O)OCCCCCC=CCCCCCOC(=O)C23CC1(C2)C3. The zero-order valence-electron chi connectivity index (χ0n) is 41.9. The Morgan fingerprint density at radius 2 is 0.362 bits per heavy atom. The summed E-state index contributed by atoms with van der Waals surface area (Å²) in [6.45, 7) is 2.57. The number of esters is 6. The van der Waals surface area contributed by atoms with Crippen molar-refractivity contribution in [3.63, 3.8) is 0 Å². The minimum Gasteiger partial charge on any atom is -0.465 e. The number of allylic oxidation sites excluding steroid dienone is 6. The first-order valence-electron chi connectivity index (χ1n) is 27.5. The van der Waals surface area contributed by atoms with Crippen molar-refractivity contribution in [2.45, 2.75) is 212 Å². The van der Waals surface area contributed by atoms with Crippen molar-refractivity contribution in [2.24, 2.45) is 32.5 Å². The van der Waals surface area contributed by atoms with Crippen LogP contribution in [0.4, 0.5) is 0 Å². The number of ether oxygens (including phenoxy) is 6. The van der Waals surface area contributed by atoms with Crippen molar-refractivity contribution in [1.29, 1.82) is 0 Å². The van der Waals surface area contributed by atoms with E-state index in [2.05, 4.69) is 36.5 Å². The average molecular weight is 961 g/mol. The molecule has 0 aromatic heterocycles. The molecule has 0 amide bonds. The standard InChI is InChI=1S/C57H84O12/c58-46-52-37-54(38-52,39-52)48(60)66-33-27-21-15-9-3-4-11-17-23-29-35-68-50(62)56-43-57(44-56,45-56)51(63)69-36-30-24-18-12-6-5-10-16-22-28-34-67-49(61)55-40-53(41-55,42-55)47(59)65-32-26-20-14-8-2-1-7-13-19-25-31-64-46/h1-6H,7-45H2. The van der Waals surface area contributed by atoms with Crippen LogP contribution in [0.3, 0.4) is 0 Å². The highest BCUT2D eigenvalue weighted by molar-refractivity contribution is 5.93. The molecule has 0 unspecified atom stereocenters. The molecule has 0 saturated heterocycles. The lowest BCUT2D eigenvalue weighted by molar-refractivity contribution is -0.237. The molecule has 0 spiro atoms. The second kappa shape index (κ2) is 24.9. The maximum absolute atomic E-state index is 12.8. The minimum atomic E-state index is -0.473. The van der Waals surface area contributed by atoms with Crippen molar-refractivity contribution < 1.29 is 57.2 Å². The van der Waals surface area contributed by atoms with Crippen LogP contribution in [0.2, 0.25) is 0 Å². The third-order valence-electron chi connectivity index (χ3n) is 16.7. The largest absolute Gasteiger partial charge is 0.465 e. The van der Waals surface area contributed by atoms with Crippen molar-refractivity contribution >= 4 is 35.8 Å². The molecule has 16 rings (SSSR count). The summed E-state index contributed by atoms with van der Waals surface area (Å²) in [5.74, 6) is -0.904. The van der Waals surface area contributed by atoms with Gasteiger partial charge in [-0.25, -0.2) is 0 Å². The number of carbonyl (C=O) groups is 6. The quantitative estimate of drug-likeness (QED) is 0.129. The number of hydrogen-bond donors (Lipinski definition) is 0. The molecule has 384 valence electrons. The lowest BCUT2D eigenvalue weighted by atomic mass is 9.35. The van der Waals surface area contributed by atoms with Crippen LogP contribution in [0.1, 0.15) is 212 Å². The van der Waals surface area contributed by atoms with E-state index in [1.54, 1.807) is 0 Å². The minimum absolute atomic E-state index is 0.151. The van der Waals surface area contributed by atoms with Crippen LogP contribution in [0, 0.1) is 32.5 Å². The Morgan fingerprint density at radius 3 is 0.507 bits per heavy atom. The number of hydrogen-bond acceptors (Lipinski definition) is 12. The zero-order valence-corrected chi connectivity index (χ0v) is 41.9. The third kappa shape index (κ3) is 13.1. The molecule has 16 aliphatic rings. The van der Waals surface area contributed by atoms with E-state index in [0.717, 1.165) is 154 Å². The summed E-state index contributed by atoms with van der Waals surface area (Å²) < 4.78 is 33.7. The summed E-state index contributed by atoms with van der Waals surface area (Å²) in [6.07, 6.45) is 41.7. The summed E-state index contributed by atoms with van der Waals surface area (Å²) >= 11 is 0. The van der Waals surface area contributed by atoms with Crippen LogP contribution >= 0.6 is 0 Å². The van der Waals surface area contributed by atoms with Gasteiger partial charge in [0.15, 0.2) is 0 Å². The number of carbonyl (C=O) groups excluding carboxylic acids is 6. The van der Waals surface area contributed by atoms with E-state index in [4.69, 9.17) is 28.4 Å². The van der Waals surface area contributed by atoms with E-state index in [-0.39, 0.29) is 35.8 Å². The second-order valence-electron chi connectivity index (χ2n) is 22.6. The van der Waals surface area contributed by atoms with Gasteiger partial charge in [0, 0.05) is 0 Å². The molecule has 6 bridgehead atoms. The molecule has 0 radical (unpaired) electrons. The van der Waals surface area contributed by atoms with Gasteiger partial charge in [-0.1, -0.05) is 36.5 Å². The Hall–Kier alpha value is -3.96. The second-order valence-corrected chi connectivity index (χ2v) is 22.6. The van der Waals surface area contributed by atoms with Crippen molar-refractivity contribution in [3.8, 4) is 0 Å². The van der Waals surface area contributed by atoms with Gasteiger partial charge in [0.2, 0.25) is 0 Å². The molecular formula is C57H84O12. The third-order valence-corrected chi connectivity index (χ3v) is 16.7. The molecule has 9 aliphatic carbocycles. The molecule has 7 heterocycles. The fraction of sp³-hybridized carbons (Fsp3) is 0.789. The van der Waals surface area contributed by atoms with Gasteiger partial charge < -0.3 is 28.4 Å². The van der Waals surface area contributed by atoms with Gasteiger partial charge in [0.25, 0.3) is 0 Å². The lowest BCUT2D eigenvalue weighted by Crippen LogP contribution is -2.69. The monoisotopic (exact) mass is 961 g/mol. The van der Waals surface area contributed by atoms with Gasteiger partial charge in [-0.3, -0.25) is 28.8 Å². The fourth-order valence-electron chi connectivity index (χ4n) is 12.5. The van der Waals surface area contributed by atoms with Crippen LogP contribution < -0.4 is 0 Å². The van der Waals surface area contributed by atoms with Crippen molar-refractivity contribution in [2.75, 3.05) is 39.6 Å². The van der Waals surface area contributed by atoms with Crippen molar-refractivity contribution in [3.05, 3.63) is 36.5 Å². The Balaban J connectivity index is 0.733. The summed E-state index contributed by atoms with van der Waals surface area (Å²) in [5, 5.41) is 0. The Bertz CT molecular complexity index is 1470. The average Bonchev–Trinajstić information content (AvgIpc) is 3.23. The van der Waals surface area contributed by atoms with Crippen LogP contribution in [-0.4, -0.2) is 75.5 Å². The van der Waals surface area contributed by atoms with Gasteiger partial charge in [-0.05, 0) is 212 Å². The molecule has 0 aromatic rings. The highest BCUT2D eigenvalue weighted by Gasteiger charge is 2.78. The van der Waals surface area contributed by atoms with E-state index < -0.39 is 32.5 Å². The van der Waals surface area contributed by atoms with E-state index >= 15 is 0 Å². The van der Waals surface area contributed by atoms with Crippen LogP contribution in [0.5, 0.6) is 0 Å². The summed E-state index contributed by atoms with van der Waals surface area (Å²) in [4.78, 5) is 76.7. The van der Waals surface area contributed by atoms with E-state index in [0.29, 0.717) is 97.4 Å². The van der Waals surface area contributed by atoms with Gasteiger partial charge in [0.05, 0.1) is 72.1 Å². The summed E-state index contributed by atoms with van der Waals surface area (Å²) in [5.41, 5.74) is -2.84. The number of rotatable bonds is 0. The molecule has 0 aromatic carbocycles. The molecule has 12 nitrogen and oxygen atoms in total. The van der Waals surface area contributed by atoms with Crippen molar-refractivity contribution in [1.82, 2.24) is 0 Å². The van der Waals surface area contributed by atoms with E-state index in [9.17, 15) is 28.8 Å². The Morgan fingerprint density at radius 1 is 0.217 bits per heavy atom. The zero-order chi connectivity index (χ0) is 48.5. The normalized spacial score (nSPS) is 36.3. The molecule has 9 fully saturated rings. The maximum atomic E-state index is 12.8. The first-order valence-corrected chi connectivity index (χ1v) is 27.5. The van der Waals surface area contributed by atoms with Gasteiger partial charge in [-0.15, -0.1) is 0 Å². The Labute approximate surface area is 412 Å². The fourth-order valence-corrected chi connectivity index (χ4v) is 12.5. The van der Waals surface area contributed by atoms with Crippen LogP contribution in [0.25, 0.3) is 0 Å².